The van der Waals surface area contributed by atoms with Gasteiger partial charge in [0.15, 0.2) is 0 Å². The highest BCUT2D eigenvalue weighted by molar-refractivity contribution is 7.80. The Hall–Kier alpha value is -1.47. The van der Waals surface area contributed by atoms with E-state index >= 15 is 0 Å². The Morgan fingerprint density at radius 3 is 2.83 bits per heavy atom. The molecular weight excluding hydrogens is 344 g/mol. The summed E-state index contributed by atoms with van der Waals surface area (Å²) in [6.45, 7) is 1.42. The second-order valence-electron chi connectivity index (χ2n) is 6.08. The third kappa shape index (κ3) is 3.78. The molecule has 3 aliphatic heterocycles. The van der Waals surface area contributed by atoms with Crippen molar-refractivity contribution >= 4 is 22.3 Å². The predicted molar refractivity (Wildman–Crippen MR) is 78.5 cm³/mol. The van der Waals surface area contributed by atoms with Gasteiger partial charge in [-0.3, -0.25) is 14.2 Å². The largest absolute Gasteiger partial charge is 0.418 e. The Bertz CT molecular complexity index is 607. The van der Waals surface area contributed by atoms with E-state index in [0.29, 0.717) is 24.5 Å². The van der Waals surface area contributed by atoms with Crippen LogP contribution in [-0.2, 0) is 24.3 Å². The van der Waals surface area contributed by atoms with Crippen LogP contribution in [0.1, 0.15) is 25.7 Å². The van der Waals surface area contributed by atoms with E-state index in [4.69, 9.17) is 9.39 Å². The number of carbonyl (C=O) groups is 2. The first kappa shape index (κ1) is 17.4. The van der Waals surface area contributed by atoms with E-state index in [1.807, 2.05) is 0 Å². The van der Waals surface area contributed by atoms with Crippen LogP contribution in [0.3, 0.4) is 0 Å². The van der Waals surface area contributed by atoms with E-state index in [-0.39, 0.29) is 12.6 Å². The highest BCUT2D eigenvalue weighted by atomic mass is 32.3. The zero-order valence-electron chi connectivity index (χ0n) is 12.9. The quantitative estimate of drug-likeness (QED) is 0.394. The second kappa shape index (κ2) is 6.80. The number of nitrogens with zero attached hydrogens (tertiary/aromatic N) is 2. The number of fused-ring (bicyclic) bond motifs is 2. The summed E-state index contributed by atoms with van der Waals surface area (Å²) in [6, 6.07) is -1.85. The smallest absolute Gasteiger partial charge is 0.312 e. The average Bonchev–Trinajstić information content (AvgIpc) is 3.10. The molecule has 3 N–H and O–H groups in total. The Morgan fingerprint density at radius 1 is 1.38 bits per heavy atom. The van der Waals surface area contributed by atoms with Gasteiger partial charge in [0.2, 0.25) is 0 Å². The molecule has 3 saturated heterocycles. The van der Waals surface area contributed by atoms with Gasteiger partial charge in [-0.15, -0.1) is 4.28 Å². The van der Waals surface area contributed by atoms with Crippen molar-refractivity contribution in [2.24, 2.45) is 0 Å². The maximum atomic E-state index is 12.2. The number of nitrogens with one attached hydrogen (secondary N) is 2. The number of piperidine rings is 1. The fraction of sp³-hybridized carbons (Fsp3) is 0.833. The van der Waals surface area contributed by atoms with Crippen LogP contribution in [0.4, 0.5) is 4.79 Å². The van der Waals surface area contributed by atoms with Crippen molar-refractivity contribution in [1.29, 1.82) is 0 Å². The molecule has 3 aliphatic rings. The monoisotopic (exact) mass is 364 g/mol. The number of carbonyl (C=O) groups excluding carboxylic acids is 2. The molecule has 3 rings (SSSR count). The van der Waals surface area contributed by atoms with E-state index in [1.54, 1.807) is 0 Å². The van der Waals surface area contributed by atoms with Crippen LogP contribution < -0.4 is 10.8 Å². The maximum absolute atomic E-state index is 12.2. The molecule has 136 valence electrons. The molecule has 3 fully saturated rings. The number of urea groups is 1. The van der Waals surface area contributed by atoms with Crippen molar-refractivity contribution in [2.45, 2.75) is 43.8 Å². The van der Waals surface area contributed by atoms with Gasteiger partial charge in [0.1, 0.15) is 6.04 Å². The van der Waals surface area contributed by atoms with Crippen molar-refractivity contribution in [3.63, 3.8) is 0 Å². The molecule has 0 saturated carbocycles. The minimum atomic E-state index is -4.79. The Labute approximate surface area is 139 Å². The van der Waals surface area contributed by atoms with Gasteiger partial charge in [0, 0.05) is 12.6 Å². The van der Waals surface area contributed by atoms with Crippen LogP contribution in [0, 0.1) is 0 Å². The Balaban J connectivity index is 1.54. The zero-order chi connectivity index (χ0) is 17.3. The van der Waals surface area contributed by atoms with Gasteiger partial charge in [0.25, 0.3) is 5.91 Å². The van der Waals surface area contributed by atoms with E-state index in [2.05, 4.69) is 15.1 Å². The molecule has 11 nitrogen and oxygen atoms in total. The summed E-state index contributed by atoms with van der Waals surface area (Å²) < 4.78 is 34.7. The summed E-state index contributed by atoms with van der Waals surface area (Å²) in [6.07, 6.45) is 2.77. The average molecular weight is 364 g/mol. The summed E-state index contributed by atoms with van der Waals surface area (Å²) in [5.41, 5.74) is 2.35. The fourth-order valence-electron chi connectivity index (χ4n) is 3.28. The highest BCUT2D eigenvalue weighted by Crippen LogP contribution is 2.30. The fourth-order valence-corrected chi connectivity index (χ4v) is 3.67. The van der Waals surface area contributed by atoms with Crippen LogP contribution >= 0.6 is 0 Å². The summed E-state index contributed by atoms with van der Waals surface area (Å²) in [4.78, 5) is 30.8. The van der Waals surface area contributed by atoms with Gasteiger partial charge in [0.05, 0.1) is 12.6 Å². The first-order valence-corrected chi connectivity index (χ1v) is 9.13. The summed E-state index contributed by atoms with van der Waals surface area (Å²) >= 11 is 0. The highest BCUT2D eigenvalue weighted by Gasteiger charge is 2.49. The van der Waals surface area contributed by atoms with Gasteiger partial charge in [-0.05, 0) is 32.2 Å². The normalized spacial score (nSPS) is 30.0. The SMILES string of the molecule is O=C(NOCC1CCCN1)[C@@H]1CC[C@H]2CN1C(=O)N2OS(=O)(=O)O. The molecule has 0 aliphatic carbocycles. The summed E-state index contributed by atoms with van der Waals surface area (Å²) in [7, 11) is -4.79. The topological polar surface area (TPSA) is 138 Å². The molecule has 3 heterocycles. The Kier molecular flexibility index (Phi) is 4.92. The van der Waals surface area contributed by atoms with Crippen LogP contribution in [0.2, 0.25) is 0 Å². The molecule has 12 heteroatoms. The lowest BCUT2D eigenvalue weighted by Crippen LogP contribution is -2.50. The summed E-state index contributed by atoms with van der Waals surface area (Å²) in [5.74, 6) is -0.464. The zero-order valence-corrected chi connectivity index (χ0v) is 13.7. The second-order valence-corrected chi connectivity index (χ2v) is 7.09. The van der Waals surface area contributed by atoms with Crippen LogP contribution in [0.15, 0.2) is 0 Å². The molecule has 0 aromatic carbocycles. The van der Waals surface area contributed by atoms with Crippen molar-refractivity contribution in [2.75, 3.05) is 19.7 Å². The van der Waals surface area contributed by atoms with E-state index in [1.165, 1.54) is 4.90 Å². The van der Waals surface area contributed by atoms with Crippen molar-refractivity contribution < 1.29 is 31.7 Å². The molecule has 2 bridgehead atoms. The lowest BCUT2D eigenvalue weighted by molar-refractivity contribution is -0.139. The van der Waals surface area contributed by atoms with E-state index in [9.17, 15) is 18.0 Å². The van der Waals surface area contributed by atoms with Gasteiger partial charge in [-0.2, -0.15) is 13.5 Å². The molecule has 3 atom stereocenters. The lowest BCUT2D eigenvalue weighted by Gasteiger charge is -2.29. The molecule has 3 amide bonds. The van der Waals surface area contributed by atoms with Crippen molar-refractivity contribution in [3.05, 3.63) is 0 Å². The molecule has 1 unspecified atom stereocenters. The van der Waals surface area contributed by atoms with Crippen molar-refractivity contribution in [1.82, 2.24) is 20.8 Å². The Morgan fingerprint density at radius 2 is 2.17 bits per heavy atom. The van der Waals surface area contributed by atoms with E-state index in [0.717, 1.165) is 19.4 Å². The van der Waals surface area contributed by atoms with Crippen molar-refractivity contribution in [3.8, 4) is 0 Å². The van der Waals surface area contributed by atoms with Crippen LogP contribution in [0.25, 0.3) is 0 Å². The van der Waals surface area contributed by atoms with Crippen LogP contribution in [-0.4, -0.2) is 72.7 Å². The minimum absolute atomic E-state index is 0.149. The molecule has 0 radical (unpaired) electrons. The first-order chi connectivity index (χ1) is 11.3. The number of hydrogen-bond donors (Lipinski definition) is 3. The minimum Gasteiger partial charge on any atom is -0.312 e. The number of rotatable bonds is 6. The molecule has 0 spiro atoms. The number of hydrogen-bond acceptors (Lipinski definition) is 7. The lowest BCUT2D eigenvalue weighted by atomic mass is 10.0. The standard InChI is InChI=1S/C12H20N4O7S/c17-11(14-22-7-8-2-1-5-13-8)10-4-3-9-6-15(10)12(18)16(9)23-24(19,20)21/h8-10,13H,1-7H2,(H,14,17)(H,19,20,21)/t8?,9-,10-/m0/s1. The van der Waals surface area contributed by atoms with E-state index < -0.39 is 34.4 Å². The van der Waals surface area contributed by atoms with Gasteiger partial charge in [-0.1, -0.05) is 0 Å². The molecule has 0 aromatic heterocycles. The third-order valence-corrected chi connectivity index (χ3v) is 4.77. The number of amides is 3. The van der Waals surface area contributed by atoms with Gasteiger partial charge < -0.3 is 10.2 Å². The van der Waals surface area contributed by atoms with Crippen LogP contribution in [0.5, 0.6) is 0 Å². The molecule has 24 heavy (non-hydrogen) atoms. The van der Waals surface area contributed by atoms with Gasteiger partial charge in [-0.25, -0.2) is 10.3 Å². The van der Waals surface area contributed by atoms with Gasteiger partial charge >= 0.3 is 16.4 Å². The first-order valence-electron chi connectivity index (χ1n) is 7.77. The maximum Gasteiger partial charge on any atom is 0.418 e. The molecular formula is C12H20N4O7S. The summed E-state index contributed by atoms with van der Waals surface area (Å²) in [5, 5.41) is 3.83. The molecule has 0 aromatic rings. The third-order valence-electron chi connectivity index (χ3n) is 4.42. The predicted octanol–water partition coefficient (Wildman–Crippen LogP) is -1.21. The number of hydroxylamine groups is 3.